The number of hydrogen-bond donors (Lipinski definition) is 1. The number of likely N-dealkylation sites (tertiary alicyclic amines) is 1. The average Bonchev–Trinajstić information content (AvgIpc) is 2.78. The zero-order chi connectivity index (χ0) is 13.1. The molecule has 1 aromatic rings. The third-order valence-corrected chi connectivity index (χ3v) is 3.20. The van der Waals surface area contributed by atoms with Crippen molar-refractivity contribution in [2.24, 2.45) is 5.73 Å². The molecule has 0 aliphatic carbocycles. The smallest absolute Gasteiger partial charge is 0.271 e. The number of carbonyl (C=O) groups is 1. The van der Waals surface area contributed by atoms with Crippen molar-refractivity contribution < 1.29 is 9.53 Å². The van der Waals surface area contributed by atoms with E-state index in [0.29, 0.717) is 11.8 Å². The Labute approximate surface area is 107 Å². The van der Waals surface area contributed by atoms with Crippen LogP contribution in [0.25, 0.3) is 0 Å². The Balaban J connectivity index is 2.05. The largest absolute Gasteiger partial charge is 0.487 e. The van der Waals surface area contributed by atoms with Crippen LogP contribution in [-0.2, 0) is 0 Å². The first-order chi connectivity index (χ1) is 8.58. The molecule has 18 heavy (non-hydrogen) atoms. The predicted octanol–water partition coefficient (Wildman–Crippen LogP) is 1.04. The molecule has 2 rings (SSSR count). The maximum absolute atomic E-state index is 11.2. The van der Waals surface area contributed by atoms with E-state index in [1.54, 1.807) is 18.3 Å². The fourth-order valence-electron chi connectivity index (χ4n) is 2.17. The normalized spacial score (nSPS) is 20.3. The van der Waals surface area contributed by atoms with E-state index in [-0.39, 0.29) is 11.8 Å². The number of carbonyl (C=O) groups excluding carboxylic acids is 1. The molecule has 0 aromatic carbocycles. The minimum Gasteiger partial charge on any atom is -0.487 e. The van der Waals surface area contributed by atoms with Crippen LogP contribution < -0.4 is 10.5 Å². The fourth-order valence-corrected chi connectivity index (χ4v) is 2.17. The highest BCUT2D eigenvalue weighted by atomic mass is 16.5. The number of amides is 1. The highest BCUT2D eigenvalue weighted by Crippen LogP contribution is 2.21. The van der Waals surface area contributed by atoms with E-state index in [4.69, 9.17) is 10.5 Å². The summed E-state index contributed by atoms with van der Waals surface area (Å²) in [6, 6.07) is 4.00. The number of aromatic nitrogens is 1. The summed E-state index contributed by atoms with van der Waals surface area (Å²) in [7, 11) is 0. The Morgan fingerprint density at radius 3 is 3.00 bits per heavy atom. The lowest BCUT2D eigenvalue weighted by Gasteiger charge is -2.20. The molecular formula is C13H19N3O2. The molecule has 1 aliphatic heterocycles. The first-order valence-corrected chi connectivity index (χ1v) is 6.23. The number of primary amides is 1. The summed E-state index contributed by atoms with van der Waals surface area (Å²) < 4.78 is 5.84. The first-order valence-electron chi connectivity index (χ1n) is 6.23. The summed E-state index contributed by atoms with van der Waals surface area (Å²) in [6.07, 6.45) is 2.61. The van der Waals surface area contributed by atoms with Crippen LogP contribution in [-0.4, -0.2) is 41.0 Å². The molecule has 0 radical (unpaired) electrons. The monoisotopic (exact) mass is 249 g/mol. The molecule has 1 unspecified atom stereocenters. The average molecular weight is 249 g/mol. The molecule has 2 N–H and O–H groups in total. The molecule has 1 aromatic heterocycles. The van der Waals surface area contributed by atoms with E-state index in [1.807, 2.05) is 0 Å². The van der Waals surface area contributed by atoms with Gasteiger partial charge in [-0.05, 0) is 32.4 Å². The van der Waals surface area contributed by atoms with Crippen LogP contribution >= 0.6 is 0 Å². The zero-order valence-electron chi connectivity index (χ0n) is 10.8. The molecule has 0 spiro atoms. The van der Waals surface area contributed by atoms with Crippen molar-refractivity contribution >= 4 is 5.91 Å². The summed E-state index contributed by atoms with van der Waals surface area (Å²) in [5.74, 6) is -0.0649. The molecule has 1 atom stereocenters. The molecule has 1 fully saturated rings. The van der Waals surface area contributed by atoms with Gasteiger partial charge in [-0.3, -0.25) is 9.69 Å². The second-order valence-electron chi connectivity index (χ2n) is 4.83. The highest BCUT2D eigenvalue weighted by Gasteiger charge is 2.26. The van der Waals surface area contributed by atoms with Crippen LogP contribution in [0.5, 0.6) is 5.75 Å². The lowest BCUT2D eigenvalue weighted by Crippen LogP contribution is -2.31. The summed E-state index contributed by atoms with van der Waals surface area (Å²) in [4.78, 5) is 17.6. The molecule has 1 saturated heterocycles. The molecule has 0 bridgehead atoms. The van der Waals surface area contributed by atoms with Crippen LogP contribution in [0.3, 0.4) is 0 Å². The van der Waals surface area contributed by atoms with E-state index in [2.05, 4.69) is 23.7 Å². The number of ether oxygens (including phenoxy) is 1. The van der Waals surface area contributed by atoms with Gasteiger partial charge in [-0.2, -0.15) is 0 Å². The number of hydrogen-bond acceptors (Lipinski definition) is 4. The minimum absolute atomic E-state index is 0.106. The van der Waals surface area contributed by atoms with E-state index in [9.17, 15) is 4.79 Å². The summed E-state index contributed by atoms with van der Waals surface area (Å²) in [5.41, 5.74) is 5.48. The van der Waals surface area contributed by atoms with Crippen LogP contribution in [0.2, 0.25) is 0 Å². The topological polar surface area (TPSA) is 68.4 Å². The number of pyridine rings is 1. The molecule has 2 heterocycles. The van der Waals surface area contributed by atoms with Crippen LogP contribution in [0.4, 0.5) is 0 Å². The SMILES string of the molecule is CC(C)N1CCC(Oc2cccnc2C(N)=O)C1. The lowest BCUT2D eigenvalue weighted by molar-refractivity contribution is 0.0987. The summed E-state index contributed by atoms with van der Waals surface area (Å²) >= 11 is 0. The number of nitrogens with zero attached hydrogens (tertiary/aromatic N) is 2. The van der Waals surface area contributed by atoms with Gasteiger partial charge in [0.1, 0.15) is 6.10 Å². The molecule has 1 aliphatic rings. The summed E-state index contributed by atoms with van der Waals surface area (Å²) in [6.45, 7) is 6.24. The van der Waals surface area contributed by atoms with E-state index >= 15 is 0 Å². The van der Waals surface area contributed by atoms with Gasteiger partial charge in [-0.1, -0.05) is 0 Å². The van der Waals surface area contributed by atoms with Gasteiger partial charge < -0.3 is 10.5 Å². The molecule has 1 amide bonds. The predicted molar refractivity (Wildman–Crippen MR) is 68.5 cm³/mol. The van der Waals surface area contributed by atoms with Gasteiger partial charge in [0.15, 0.2) is 11.4 Å². The standard InChI is InChI=1S/C13H19N3O2/c1-9(2)16-7-5-10(8-16)18-11-4-3-6-15-12(11)13(14)17/h3-4,6,9-10H,5,7-8H2,1-2H3,(H2,14,17). The van der Waals surface area contributed by atoms with Crippen molar-refractivity contribution in [3.63, 3.8) is 0 Å². The van der Waals surface area contributed by atoms with Crippen LogP contribution in [0.1, 0.15) is 30.8 Å². The van der Waals surface area contributed by atoms with Crippen molar-refractivity contribution in [3.8, 4) is 5.75 Å². The van der Waals surface area contributed by atoms with Crippen LogP contribution in [0.15, 0.2) is 18.3 Å². The van der Waals surface area contributed by atoms with Gasteiger partial charge in [0.05, 0.1) is 0 Å². The Kier molecular flexibility index (Phi) is 3.81. The van der Waals surface area contributed by atoms with Gasteiger partial charge in [0.2, 0.25) is 0 Å². The molecule has 0 saturated carbocycles. The van der Waals surface area contributed by atoms with Crippen molar-refractivity contribution in [1.82, 2.24) is 9.88 Å². The third kappa shape index (κ3) is 2.79. The quantitative estimate of drug-likeness (QED) is 0.865. The van der Waals surface area contributed by atoms with Gasteiger partial charge >= 0.3 is 0 Å². The number of nitrogens with two attached hydrogens (primary N) is 1. The molecule has 98 valence electrons. The van der Waals surface area contributed by atoms with Crippen molar-refractivity contribution in [2.45, 2.75) is 32.4 Å². The minimum atomic E-state index is -0.552. The van der Waals surface area contributed by atoms with Gasteiger partial charge in [-0.15, -0.1) is 0 Å². The Morgan fingerprint density at radius 1 is 1.61 bits per heavy atom. The third-order valence-electron chi connectivity index (χ3n) is 3.20. The first kappa shape index (κ1) is 12.8. The van der Waals surface area contributed by atoms with E-state index < -0.39 is 5.91 Å². The summed E-state index contributed by atoms with van der Waals surface area (Å²) in [5, 5.41) is 0. The van der Waals surface area contributed by atoms with Crippen LogP contribution in [0, 0.1) is 0 Å². The van der Waals surface area contributed by atoms with Gasteiger partial charge in [-0.25, -0.2) is 4.98 Å². The fraction of sp³-hybridized carbons (Fsp3) is 0.538. The Hall–Kier alpha value is -1.62. The number of rotatable bonds is 4. The maximum atomic E-state index is 11.2. The molecular weight excluding hydrogens is 230 g/mol. The second-order valence-corrected chi connectivity index (χ2v) is 4.83. The van der Waals surface area contributed by atoms with Crippen molar-refractivity contribution in [2.75, 3.05) is 13.1 Å². The Bertz CT molecular complexity index is 434. The highest BCUT2D eigenvalue weighted by molar-refractivity contribution is 5.93. The maximum Gasteiger partial charge on any atom is 0.271 e. The van der Waals surface area contributed by atoms with Gasteiger partial charge in [0, 0.05) is 25.3 Å². The van der Waals surface area contributed by atoms with Gasteiger partial charge in [0.25, 0.3) is 5.91 Å². The van der Waals surface area contributed by atoms with Crippen molar-refractivity contribution in [3.05, 3.63) is 24.0 Å². The molecule has 5 nitrogen and oxygen atoms in total. The zero-order valence-corrected chi connectivity index (χ0v) is 10.8. The lowest BCUT2D eigenvalue weighted by atomic mass is 10.3. The van der Waals surface area contributed by atoms with E-state index in [1.165, 1.54) is 0 Å². The van der Waals surface area contributed by atoms with E-state index in [0.717, 1.165) is 19.5 Å². The molecule has 5 heteroatoms. The second kappa shape index (κ2) is 5.35. The van der Waals surface area contributed by atoms with Crippen molar-refractivity contribution in [1.29, 1.82) is 0 Å². The Morgan fingerprint density at radius 2 is 2.39 bits per heavy atom.